The number of benzene rings is 1. The summed E-state index contributed by atoms with van der Waals surface area (Å²) in [6, 6.07) is 4.06. The second-order valence-corrected chi connectivity index (χ2v) is 5.15. The fraction of sp³-hybridized carbons (Fsp3) is 0.500. The minimum atomic E-state index is -0.124. The Labute approximate surface area is 98.9 Å². The average molecular weight is 270 g/mol. The highest BCUT2D eigenvalue weighted by molar-refractivity contribution is 9.10. The van der Waals surface area contributed by atoms with Crippen molar-refractivity contribution < 1.29 is 4.74 Å². The number of methoxy groups -OCH3 is 1. The van der Waals surface area contributed by atoms with Crippen LogP contribution in [0.4, 0.5) is 0 Å². The van der Waals surface area contributed by atoms with E-state index in [9.17, 15) is 0 Å². The van der Waals surface area contributed by atoms with Crippen LogP contribution in [0.1, 0.15) is 30.4 Å². The SMILES string of the molecule is COc1cc(Br)c(C)c(C2(N)CCC2)c1. The van der Waals surface area contributed by atoms with E-state index >= 15 is 0 Å². The third-order valence-corrected chi connectivity index (χ3v) is 4.16. The highest BCUT2D eigenvalue weighted by atomic mass is 79.9. The molecule has 82 valence electrons. The van der Waals surface area contributed by atoms with E-state index in [1.165, 1.54) is 17.5 Å². The number of nitrogens with two attached hydrogens (primary N) is 1. The minimum Gasteiger partial charge on any atom is -0.497 e. The first-order chi connectivity index (χ1) is 7.07. The number of ether oxygens (including phenoxy) is 1. The maximum atomic E-state index is 6.34. The van der Waals surface area contributed by atoms with Gasteiger partial charge in [-0.05, 0) is 49.4 Å². The van der Waals surface area contributed by atoms with Crippen LogP contribution in [0.25, 0.3) is 0 Å². The molecule has 3 heteroatoms. The van der Waals surface area contributed by atoms with Gasteiger partial charge in [0.25, 0.3) is 0 Å². The summed E-state index contributed by atoms with van der Waals surface area (Å²) in [4.78, 5) is 0. The summed E-state index contributed by atoms with van der Waals surface area (Å²) < 4.78 is 6.35. The van der Waals surface area contributed by atoms with Crippen LogP contribution in [-0.4, -0.2) is 7.11 Å². The molecule has 0 amide bonds. The molecule has 1 fully saturated rings. The first-order valence-corrected chi connectivity index (χ1v) is 5.99. The molecule has 0 radical (unpaired) electrons. The zero-order valence-electron chi connectivity index (χ0n) is 9.14. The molecule has 1 aromatic carbocycles. The molecule has 0 spiro atoms. The van der Waals surface area contributed by atoms with Crippen molar-refractivity contribution in [3.8, 4) is 5.75 Å². The Morgan fingerprint density at radius 1 is 1.40 bits per heavy atom. The molecule has 0 bridgehead atoms. The lowest BCUT2D eigenvalue weighted by Crippen LogP contribution is -2.43. The Hall–Kier alpha value is -0.540. The summed E-state index contributed by atoms with van der Waals surface area (Å²) in [5.41, 5.74) is 8.67. The molecule has 2 nitrogen and oxygen atoms in total. The number of hydrogen-bond donors (Lipinski definition) is 1. The lowest BCUT2D eigenvalue weighted by Gasteiger charge is -2.40. The van der Waals surface area contributed by atoms with E-state index in [0.29, 0.717) is 0 Å². The number of rotatable bonds is 2. The van der Waals surface area contributed by atoms with Gasteiger partial charge in [-0.1, -0.05) is 15.9 Å². The molecule has 2 rings (SSSR count). The summed E-state index contributed by atoms with van der Waals surface area (Å²) in [5, 5.41) is 0. The van der Waals surface area contributed by atoms with Gasteiger partial charge in [0, 0.05) is 10.0 Å². The molecule has 2 N–H and O–H groups in total. The van der Waals surface area contributed by atoms with Gasteiger partial charge >= 0.3 is 0 Å². The van der Waals surface area contributed by atoms with Crippen LogP contribution < -0.4 is 10.5 Å². The van der Waals surface area contributed by atoms with Crippen LogP contribution in [0.2, 0.25) is 0 Å². The van der Waals surface area contributed by atoms with Gasteiger partial charge in [-0.15, -0.1) is 0 Å². The van der Waals surface area contributed by atoms with Gasteiger partial charge in [0.15, 0.2) is 0 Å². The number of hydrogen-bond acceptors (Lipinski definition) is 2. The summed E-state index contributed by atoms with van der Waals surface area (Å²) in [6.45, 7) is 2.10. The second kappa shape index (κ2) is 3.80. The molecule has 0 heterocycles. The average Bonchev–Trinajstić information content (AvgIpc) is 2.18. The highest BCUT2D eigenvalue weighted by Gasteiger charge is 2.36. The van der Waals surface area contributed by atoms with Crippen LogP contribution in [0.5, 0.6) is 5.75 Å². The fourth-order valence-corrected chi connectivity index (χ4v) is 2.56. The summed E-state index contributed by atoms with van der Waals surface area (Å²) in [6.07, 6.45) is 3.38. The first-order valence-electron chi connectivity index (χ1n) is 5.20. The molecular formula is C12H16BrNO. The second-order valence-electron chi connectivity index (χ2n) is 4.29. The first kappa shape index (κ1) is 11.0. The minimum absolute atomic E-state index is 0.124. The van der Waals surface area contributed by atoms with E-state index in [0.717, 1.165) is 23.1 Å². The molecule has 1 aliphatic rings. The third kappa shape index (κ3) is 1.79. The van der Waals surface area contributed by atoms with Crippen molar-refractivity contribution in [2.45, 2.75) is 31.7 Å². The van der Waals surface area contributed by atoms with Crippen molar-refractivity contribution in [3.05, 3.63) is 27.7 Å². The van der Waals surface area contributed by atoms with E-state index in [4.69, 9.17) is 10.5 Å². The van der Waals surface area contributed by atoms with Crippen LogP contribution in [0.3, 0.4) is 0 Å². The molecule has 1 aromatic rings. The van der Waals surface area contributed by atoms with Crippen molar-refractivity contribution in [3.63, 3.8) is 0 Å². The quantitative estimate of drug-likeness (QED) is 0.896. The van der Waals surface area contributed by atoms with Crippen LogP contribution in [0.15, 0.2) is 16.6 Å². The van der Waals surface area contributed by atoms with Crippen molar-refractivity contribution in [1.29, 1.82) is 0 Å². The normalized spacial score (nSPS) is 18.4. The molecule has 1 saturated carbocycles. The van der Waals surface area contributed by atoms with Gasteiger partial charge in [0.1, 0.15) is 5.75 Å². The maximum Gasteiger partial charge on any atom is 0.120 e. The van der Waals surface area contributed by atoms with E-state index < -0.39 is 0 Å². The van der Waals surface area contributed by atoms with Crippen molar-refractivity contribution in [2.75, 3.05) is 7.11 Å². The van der Waals surface area contributed by atoms with E-state index in [1.54, 1.807) is 7.11 Å². The summed E-state index contributed by atoms with van der Waals surface area (Å²) in [5.74, 6) is 0.874. The Morgan fingerprint density at radius 3 is 2.53 bits per heavy atom. The van der Waals surface area contributed by atoms with E-state index in [2.05, 4.69) is 28.9 Å². The molecule has 0 unspecified atom stereocenters. The lowest BCUT2D eigenvalue weighted by atomic mass is 9.71. The molecule has 15 heavy (non-hydrogen) atoms. The van der Waals surface area contributed by atoms with Crippen LogP contribution >= 0.6 is 15.9 Å². The van der Waals surface area contributed by atoms with Gasteiger partial charge in [-0.2, -0.15) is 0 Å². The zero-order valence-corrected chi connectivity index (χ0v) is 10.7. The van der Waals surface area contributed by atoms with Crippen molar-refractivity contribution in [2.24, 2.45) is 5.73 Å². The Balaban J connectivity index is 2.49. The predicted molar refractivity (Wildman–Crippen MR) is 65.1 cm³/mol. The summed E-state index contributed by atoms with van der Waals surface area (Å²) >= 11 is 3.55. The molecule has 0 atom stereocenters. The third-order valence-electron chi connectivity index (χ3n) is 3.34. The summed E-state index contributed by atoms with van der Waals surface area (Å²) in [7, 11) is 1.69. The number of halogens is 1. The smallest absolute Gasteiger partial charge is 0.120 e. The lowest BCUT2D eigenvalue weighted by molar-refractivity contribution is 0.251. The maximum absolute atomic E-state index is 6.34. The Bertz CT molecular complexity index is 385. The Morgan fingerprint density at radius 2 is 2.07 bits per heavy atom. The monoisotopic (exact) mass is 269 g/mol. The standard InChI is InChI=1S/C12H16BrNO/c1-8-10(12(14)4-3-5-12)6-9(15-2)7-11(8)13/h6-7H,3-5,14H2,1-2H3. The highest BCUT2D eigenvalue weighted by Crippen LogP contribution is 2.43. The van der Waals surface area contributed by atoms with Gasteiger partial charge in [0.05, 0.1) is 7.11 Å². The van der Waals surface area contributed by atoms with Crippen LogP contribution in [0, 0.1) is 6.92 Å². The molecule has 0 saturated heterocycles. The van der Waals surface area contributed by atoms with Gasteiger partial charge < -0.3 is 10.5 Å². The molecule has 0 aliphatic heterocycles. The van der Waals surface area contributed by atoms with Crippen LogP contribution in [-0.2, 0) is 5.54 Å². The molecule has 0 aromatic heterocycles. The van der Waals surface area contributed by atoms with Gasteiger partial charge in [-0.3, -0.25) is 0 Å². The van der Waals surface area contributed by atoms with Crippen molar-refractivity contribution in [1.82, 2.24) is 0 Å². The molecular weight excluding hydrogens is 254 g/mol. The Kier molecular flexibility index (Phi) is 2.77. The largest absolute Gasteiger partial charge is 0.497 e. The van der Waals surface area contributed by atoms with Gasteiger partial charge in [-0.25, -0.2) is 0 Å². The zero-order chi connectivity index (χ0) is 11.1. The van der Waals surface area contributed by atoms with E-state index in [1.807, 2.05) is 6.07 Å². The van der Waals surface area contributed by atoms with E-state index in [-0.39, 0.29) is 5.54 Å². The predicted octanol–water partition coefficient (Wildman–Crippen LogP) is 3.10. The fourth-order valence-electron chi connectivity index (χ4n) is 2.12. The van der Waals surface area contributed by atoms with Gasteiger partial charge in [0.2, 0.25) is 0 Å². The van der Waals surface area contributed by atoms with Crippen molar-refractivity contribution >= 4 is 15.9 Å². The topological polar surface area (TPSA) is 35.2 Å². The molecule has 1 aliphatic carbocycles.